The highest BCUT2D eigenvalue weighted by molar-refractivity contribution is 7.22. The zero-order valence-electron chi connectivity index (χ0n) is 15.9. The van der Waals surface area contributed by atoms with Crippen LogP contribution in [-0.4, -0.2) is 28.7 Å². The molecule has 0 aliphatic carbocycles. The van der Waals surface area contributed by atoms with E-state index in [0.717, 1.165) is 34.9 Å². The minimum Gasteiger partial charge on any atom is -0.497 e. The van der Waals surface area contributed by atoms with Gasteiger partial charge in [-0.25, -0.2) is 9.97 Å². The summed E-state index contributed by atoms with van der Waals surface area (Å²) in [5.74, 6) is 1.53. The highest BCUT2D eigenvalue weighted by Gasteiger charge is 2.29. The maximum atomic E-state index is 5.33. The van der Waals surface area contributed by atoms with E-state index in [9.17, 15) is 0 Å². The van der Waals surface area contributed by atoms with Crippen molar-refractivity contribution in [1.82, 2.24) is 15.3 Å². The molecule has 0 bridgehead atoms. The minimum atomic E-state index is 0.0230. The van der Waals surface area contributed by atoms with Crippen molar-refractivity contribution in [2.75, 3.05) is 12.4 Å². The van der Waals surface area contributed by atoms with Gasteiger partial charge in [0.15, 0.2) is 0 Å². The quantitative estimate of drug-likeness (QED) is 0.679. The van der Waals surface area contributed by atoms with Crippen molar-refractivity contribution in [2.45, 2.75) is 38.3 Å². The first-order chi connectivity index (χ1) is 12.9. The van der Waals surface area contributed by atoms with Gasteiger partial charge in [-0.05, 0) is 56.0 Å². The molecule has 2 aromatic heterocycles. The highest BCUT2D eigenvalue weighted by atomic mass is 32.1. The van der Waals surface area contributed by atoms with E-state index in [0.29, 0.717) is 5.95 Å². The van der Waals surface area contributed by atoms with E-state index >= 15 is 0 Å². The number of hydrogen-bond acceptors (Lipinski definition) is 6. The average molecular weight is 381 g/mol. The van der Waals surface area contributed by atoms with Crippen LogP contribution in [0.3, 0.4) is 0 Å². The molecule has 0 amide bonds. The zero-order chi connectivity index (χ0) is 19.0. The van der Waals surface area contributed by atoms with Crippen LogP contribution in [0, 0.1) is 0 Å². The maximum absolute atomic E-state index is 5.33. The number of anilines is 1. The van der Waals surface area contributed by atoms with E-state index in [-0.39, 0.29) is 11.6 Å². The Labute approximate surface area is 163 Å². The second-order valence-corrected chi connectivity index (χ2v) is 8.73. The molecule has 4 rings (SSSR count). The summed E-state index contributed by atoms with van der Waals surface area (Å²) in [6, 6.07) is 10.5. The van der Waals surface area contributed by atoms with Crippen LogP contribution in [0.1, 0.15) is 26.7 Å². The summed E-state index contributed by atoms with van der Waals surface area (Å²) in [5.41, 5.74) is 2.01. The lowest BCUT2D eigenvalue weighted by Crippen LogP contribution is -2.48. The van der Waals surface area contributed by atoms with Gasteiger partial charge in [-0.1, -0.05) is 6.58 Å². The van der Waals surface area contributed by atoms with Crippen LogP contribution in [-0.2, 0) is 0 Å². The lowest BCUT2D eigenvalue weighted by Gasteiger charge is -2.38. The predicted molar refractivity (Wildman–Crippen MR) is 112 cm³/mol. The Morgan fingerprint density at radius 3 is 2.93 bits per heavy atom. The summed E-state index contributed by atoms with van der Waals surface area (Å²) in [6.07, 6.45) is 3.68. The molecule has 6 heteroatoms. The van der Waals surface area contributed by atoms with E-state index in [1.54, 1.807) is 18.4 Å². The summed E-state index contributed by atoms with van der Waals surface area (Å²) in [6.45, 7) is 8.48. The molecule has 0 radical (unpaired) electrons. The van der Waals surface area contributed by atoms with Crippen LogP contribution in [0.5, 0.6) is 5.75 Å². The Morgan fingerprint density at radius 1 is 1.30 bits per heavy atom. The van der Waals surface area contributed by atoms with Crippen molar-refractivity contribution in [3.8, 4) is 16.3 Å². The largest absolute Gasteiger partial charge is 0.497 e. The molecule has 0 saturated carbocycles. The summed E-state index contributed by atoms with van der Waals surface area (Å²) in [4.78, 5) is 10.3. The molecule has 3 aromatic rings. The monoisotopic (exact) mass is 380 g/mol. The van der Waals surface area contributed by atoms with Crippen LogP contribution >= 0.6 is 11.3 Å². The Balaban J connectivity index is 1.58. The highest BCUT2D eigenvalue weighted by Crippen LogP contribution is 2.35. The molecule has 1 unspecified atom stereocenters. The van der Waals surface area contributed by atoms with E-state index in [2.05, 4.69) is 54.2 Å². The molecule has 1 atom stereocenters. The van der Waals surface area contributed by atoms with E-state index in [4.69, 9.17) is 9.72 Å². The van der Waals surface area contributed by atoms with Gasteiger partial charge < -0.3 is 15.4 Å². The smallest absolute Gasteiger partial charge is 0.223 e. The number of benzene rings is 1. The fraction of sp³-hybridized carbons (Fsp3) is 0.333. The van der Waals surface area contributed by atoms with Crippen molar-refractivity contribution < 1.29 is 4.74 Å². The third-order valence-corrected chi connectivity index (χ3v) is 5.85. The summed E-state index contributed by atoms with van der Waals surface area (Å²) < 4.78 is 6.51. The molecule has 3 heterocycles. The van der Waals surface area contributed by atoms with Crippen LogP contribution in [0.15, 0.2) is 48.8 Å². The van der Waals surface area contributed by atoms with E-state index in [1.807, 2.05) is 18.3 Å². The van der Waals surface area contributed by atoms with Gasteiger partial charge in [0, 0.05) is 34.6 Å². The van der Waals surface area contributed by atoms with Gasteiger partial charge in [0.05, 0.1) is 17.7 Å². The maximum Gasteiger partial charge on any atom is 0.223 e. The number of fused-ring (bicyclic) bond motifs is 1. The van der Waals surface area contributed by atoms with Gasteiger partial charge in [-0.3, -0.25) is 0 Å². The number of nitrogens with zero attached hydrogens (tertiary/aromatic N) is 2. The van der Waals surface area contributed by atoms with Crippen molar-refractivity contribution in [3.63, 3.8) is 0 Å². The van der Waals surface area contributed by atoms with Gasteiger partial charge in [0.2, 0.25) is 5.95 Å². The van der Waals surface area contributed by atoms with Gasteiger partial charge in [-0.15, -0.1) is 11.3 Å². The molecule has 1 aromatic carbocycles. The first-order valence-corrected chi connectivity index (χ1v) is 9.87. The van der Waals surface area contributed by atoms with Crippen LogP contribution in [0.2, 0.25) is 0 Å². The number of piperidine rings is 1. The van der Waals surface area contributed by atoms with Crippen molar-refractivity contribution >= 4 is 27.4 Å². The van der Waals surface area contributed by atoms with Crippen LogP contribution in [0.25, 0.3) is 20.7 Å². The van der Waals surface area contributed by atoms with Crippen molar-refractivity contribution in [2.24, 2.45) is 0 Å². The minimum absolute atomic E-state index is 0.0230. The fourth-order valence-corrected chi connectivity index (χ4v) is 4.74. The third-order valence-electron chi connectivity index (χ3n) is 4.73. The molecule has 1 aliphatic rings. The Hall–Kier alpha value is -2.60. The molecule has 140 valence electrons. The van der Waals surface area contributed by atoms with Crippen molar-refractivity contribution in [3.05, 3.63) is 48.8 Å². The lowest BCUT2D eigenvalue weighted by molar-refractivity contribution is 0.324. The molecule has 2 N–H and O–H groups in total. The standard InChI is InChI=1S/C21H24N4OS/c1-13-9-15(12-21(2,3)25-13)23-20-22-8-7-17(24-20)19-10-14-5-6-16(26-4)11-18(14)27-19/h5-8,10-11,15,25H,1,9,12H2,2-4H3,(H,22,23,24). The SMILES string of the molecule is C=C1CC(Nc2nccc(-c3cc4ccc(OC)cc4s3)n2)CC(C)(C)N1. The zero-order valence-corrected chi connectivity index (χ0v) is 16.7. The molecule has 1 fully saturated rings. The fourth-order valence-electron chi connectivity index (χ4n) is 3.68. The second kappa shape index (κ2) is 6.85. The Bertz CT molecular complexity index is 995. The average Bonchev–Trinajstić information content (AvgIpc) is 3.03. The summed E-state index contributed by atoms with van der Waals surface area (Å²) >= 11 is 1.71. The number of aromatic nitrogens is 2. The number of thiophene rings is 1. The molecule has 5 nitrogen and oxygen atoms in total. The van der Waals surface area contributed by atoms with E-state index in [1.165, 1.54) is 10.1 Å². The Morgan fingerprint density at radius 2 is 2.15 bits per heavy atom. The first-order valence-electron chi connectivity index (χ1n) is 9.05. The number of nitrogens with one attached hydrogen (secondary N) is 2. The summed E-state index contributed by atoms with van der Waals surface area (Å²) in [5, 5.41) is 8.13. The normalized spacial score (nSPS) is 18.9. The molecular formula is C21H24N4OS. The molecule has 1 aliphatic heterocycles. The first kappa shape index (κ1) is 17.8. The van der Waals surface area contributed by atoms with Crippen molar-refractivity contribution in [1.29, 1.82) is 0 Å². The molecule has 27 heavy (non-hydrogen) atoms. The lowest BCUT2D eigenvalue weighted by atomic mass is 9.88. The molecular weight excluding hydrogens is 356 g/mol. The van der Waals surface area contributed by atoms with Gasteiger partial charge in [0.1, 0.15) is 5.75 Å². The van der Waals surface area contributed by atoms with Crippen LogP contribution < -0.4 is 15.4 Å². The van der Waals surface area contributed by atoms with Gasteiger partial charge in [0.25, 0.3) is 0 Å². The van der Waals surface area contributed by atoms with E-state index < -0.39 is 0 Å². The number of methoxy groups -OCH3 is 1. The predicted octanol–water partition coefficient (Wildman–Crippen LogP) is 4.82. The number of hydrogen-bond donors (Lipinski definition) is 2. The third kappa shape index (κ3) is 3.90. The van der Waals surface area contributed by atoms with Gasteiger partial charge in [-0.2, -0.15) is 0 Å². The Kier molecular flexibility index (Phi) is 4.52. The molecule has 0 spiro atoms. The summed E-state index contributed by atoms with van der Waals surface area (Å²) in [7, 11) is 1.69. The number of ether oxygens (including phenoxy) is 1. The topological polar surface area (TPSA) is 59.1 Å². The van der Waals surface area contributed by atoms with Crippen LogP contribution in [0.4, 0.5) is 5.95 Å². The number of rotatable bonds is 4. The molecule has 1 saturated heterocycles. The second-order valence-electron chi connectivity index (χ2n) is 7.64. The van der Waals surface area contributed by atoms with Gasteiger partial charge >= 0.3 is 0 Å².